The van der Waals surface area contributed by atoms with Crippen LogP contribution in [0.1, 0.15) is 58.4 Å². The maximum atomic E-state index is 12.9. The van der Waals surface area contributed by atoms with Crippen LogP contribution in [-0.4, -0.2) is 51.0 Å². The lowest BCUT2D eigenvalue weighted by atomic mass is 9.85. The molecule has 0 spiro atoms. The summed E-state index contributed by atoms with van der Waals surface area (Å²) in [6, 6.07) is 8.37. The predicted molar refractivity (Wildman–Crippen MR) is 120 cm³/mol. The molecular formula is C23H32N4O2S. The zero-order valence-electron chi connectivity index (χ0n) is 18.2. The second-order valence-corrected chi connectivity index (χ2v) is 9.83. The lowest BCUT2D eigenvalue weighted by Gasteiger charge is -2.32. The van der Waals surface area contributed by atoms with Gasteiger partial charge in [0.25, 0.3) is 0 Å². The molecule has 1 amide bonds. The molecule has 1 saturated carbocycles. The molecular weight excluding hydrogens is 396 g/mol. The summed E-state index contributed by atoms with van der Waals surface area (Å²) in [5.74, 6) is 2.50. The van der Waals surface area contributed by atoms with Crippen molar-refractivity contribution in [1.29, 1.82) is 0 Å². The van der Waals surface area contributed by atoms with Gasteiger partial charge in [0.05, 0.1) is 12.4 Å². The summed E-state index contributed by atoms with van der Waals surface area (Å²) in [5.41, 5.74) is 1.03. The van der Waals surface area contributed by atoms with Crippen molar-refractivity contribution in [3.05, 3.63) is 24.3 Å². The first-order chi connectivity index (χ1) is 14.6. The van der Waals surface area contributed by atoms with Crippen molar-refractivity contribution in [3.8, 4) is 17.1 Å². The molecule has 1 aromatic carbocycles. The molecule has 2 aromatic rings. The number of ether oxygens (including phenoxy) is 1. The van der Waals surface area contributed by atoms with Crippen molar-refractivity contribution in [2.45, 2.75) is 68.8 Å². The molecule has 7 heteroatoms. The van der Waals surface area contributed by atoms with Crippen LogP contribution in [-0.2, 0) is 4.79 Å². The van der Waals surface area contributed by atoms with E-state index >= 15 is 0 Å². The Kier molecular flexibility index (Phi) is 6.66. The van der Waals surface area contributed by atoms with Crippen molar-refractivity contribution in [3.63, 3.8) is 0 Å². The van der Waals surface area contributed by atoms with E-state index in [2.05, 4.69) is 21.7 Å². The van der Waals surface area contributed by atoms with Gasteiger partial charge in [0.15, 0.2) is 11.0 Å². The Balaban J connectivity index is 1.65. The number of thioether (sulfide) groups is 1. The molecule has 1 aromatic heterocycles. The Morgan fingerprint density at radius 1 is 1.10 bits per heavy atom. The summed E-state index contributed by atoms with van der Waals surface area (Å²) in [5, 5.41) is 9.86. The molecule has 2 aliphatic rings. The minimum absolute atomic E-state index is 0.159. The zero-order chi connectivity index (χ0) is 21.1. The van der Waals surface area contributed by atoms with Gasteiger partial charge < -0.3 is 9.64 Å². The number of amides is 1. The van der Waals surface area contributed by atoms with Crippen LogP contribution in [0.3, 0.4) is 0 Å². The van der Waals surface area contributed by atoms with Crippen LogP contribution in [0.4, 0.5) is 0 Å². The van der Waals surface area contributed by atoms with Gasteiger partial charge in [-0.2, -0.15) is 0 Å². The SMILES string of the molecule is COc1ccc(-c2nnc(S[C@@H](C)C(=O)N3CCCC3)n2[C@@H]2CCCC[C@H]2C)cc1. The van der Waals surface area contributed by atoms with E-state index in [0.29, 0.717) is 12.0 Å². The number of aromatic nitrogens is 3. The van der Waals surface area contributed by atoms with Crippen molar-refractivity contribution in [1.82, 2.24) is 19.7 Å². The van der Waals surface area contributed by atoms with Gasteiger partial charge in [0.2, 0.25) is 5.91 Å². The van der Waals surface area contributed by atoms with Gasteiger partial charge >= 0.3 is 0 Å². The lowest BCUT2D eigenvalue weighted by molar-refractivity contribution is -0.129. The summed E-state index contributed by atoms with van der Waals surface area (Å²) < 4.78 is 7.62. The number of hydrogen-bond acceptors (Lipinski definition) is 5. The highest BCUT2D eigenvalue weighted by Crippen LogP contribution is 2.40. The van der Waals surface area contributed by atoms with E-state index in [1.807, 2.05) is 36.1 Å². The average Bonchev–Trinajstić information content (AvgIpc) is 3.44. The van der Waals surface area contributed by atoms with E-state index in [9.17, 15) is 4.79 Å². The Bertz CT molecular complexity index is 861. The fourth-order valence-corrected chi connectivity index (χ4v) is 5.67. The molecule has 1 aliphatic carbocycles. The van der Waals surface area contributed by atoms with Crippen LogP contribution in [0.15, 0.2) is 29.4 Å². The summed E-state index contributed by atoms with van der Waals surface area (Å²) in [4.78, 5) is 14.9. The van der Waals surface area contributed by atoms with Crippen molar-refractivity contribution >= 4 is 17.7 Å². The van der Waals surface area contributed by atoms with E-state index in [1.54, 1.807) is 18.9 Å². The van der Waals surface area contributed by atoms with Crippen molar-refractivity contribution in [2.24, 2.45) is 5.92 Å². The second kappa shape index (κ2) is 9.41. The van der Waals surface area contributed by atoms with Gasteiger partial charge in [-0.1, -0.05) is 31.5 Å². The molecule has 2 fully saturated rings. The molecule has 4 rings (SSSR count). The fourth-order valence-electron chi connectivity index (χ4n) is 4.68. The van der Waals surface area contributed by atoms with E-state index in [0.717, 1.165) is 54.6 Å². The van der Waals surface area contributed by atoms with E-state index in [4.69, 9.17) is 4.74 Å². The van der Waals surface area contributed by atoms with Gasteiger partial charge in [-0.05, 0) is 62.8 Å². The van der Waals surface area contributed by atoms with Crippen molar-refractivity contribution in [2.75, 3.05) is 20.2 Å². The monoisotopic (exact) mass is 428 g/mol. The number of rotatable bonds is 6. The number of carbonyl (C=O) groups is 1. The number of carbonyl (C=O) groups excluding carboxylic acids is 1. The first-order valence-electron chi connectivity index (χ1n) is 11.1. The predicted octanol–water partition coefficient (Wildman–Crippen LogP) is 4.81. The number of hydrogen-bond donors (Lipinski definition) is 0. The molecule has 2 heterocycles. The Hall–Kier alpha value is -2.02. The molecule has 0 N–H and O–H groups in total. The summed E-state index contributed by atoms with van der Waals surface area (Å²) in [7, 11) is 1.68. The average molecular weight is 429 g/mol. The molecule has 6 nitrogen and oxygen atoms in total. The normalized spacial score (nSPS) is 22.8. The molecule has 1 aliphatic heterocycles. The molecule has 3 atom stereocenters. The van der Waals surface area contributed by atoms with E-state index in [1.165, 1.54) is 19.3 Å². The van der Waals surface area contributed by atoms with Crippen LogP contribution in [0.5, 0.6) is 5.75 Å². The van der Waals surface area contributed by atoms with Crippen LogP contribution in [0.25, 0.3) is 11.4 Å². The third-order valence-electron chi connectivity index (χ3n) is 6.46. The minimum atomic E-state index is -0.159. The maximum absolute atomic E-state index is 12.9. The highest BCUT2D eigenvalue weighted by molar-refractivity contribution is 8.00. The highest BCUT2D eigenvalue weighted by atomic mass is 32.2. The van der Waals surface area contributed by atoms with Gasteiger partial charge in [-0.3, -0.25) is 9.36 Å². The molecule has 0 radical (unpaired) electrons. The Morgan fingerprint density at radius 2 is 1.80 bits per heavy atom. The van der Waals surface area contributed by atoms with Crippen LogP contribution < -0.4 is 4.74 Å². The number of nitrogens with zero attached hydrogens (tertiary/aromatic N) is 4. The molecule has 0 bridgehead atoms. The van der Waals surface area contributed by atoms with E-state index in [-0.39, 0.29) is 11.2 Å². The Labute approximate surface area is 183 Å². The summed E-state index contributed by atoms with van der Waals surface area (Å²) >= 11 is 1.56. The second-order valence-electron chi connectivity index (χ2n) is 8.53. The van der Waals surface area contributed by atoms with Gasteiger partial charge in [0.1, 0.15) is 5.75 Å². The molecule has 30 heavy (non-hydrogen) atoms. The summed E-state index contributed by atoms with van der Waals surface area (Å²) in [6.07, 6.45) is 7.08. The first kappa shape index (κ1) is 21.2. The van der Waals surface area contributed by atoms with Gasteiger partial charge in [-0.15, -0.1) is 10.2 Å². The third kappa shape index (κ3) is 4.36. The lowest BCUT2D eigenvalue weighted by Crippen LogP contribution is -2.34. The first-order valence-corrected chi connectivity index (χ1v) is 12.0. The largest absolute Gasteiger partial charge is 0.497 e. The highest BCUT2D eigenvalue weighted by Gasteiger charge is 2.31. The smallest absolute Gasteiger partial charge is 0.235 e. The zero-order valence-corrected chi connectivity index (χ0v) is 19.0. The minimum Gasteiger partial charge on any atom is -0.497 e. The van der Waals surface area contributed by atoms with Crippen molar-refractivity contribution < 1.29 is 9.53 Å². The fraction of sp³-hybridized carbons (Fsp3) is 0.609. The number of benzene rings is 1. The van der Waals surface area contributed by atoms with Crippen LogP contribution in [0, 0.1) is 5.92 Å². The number of likely N-dealkylation sites (tertiary alicyclic amines) is 1. The van der Waals surface area contributed by atoms with Crippen LogP contribution >= 0.6 is 11.8 Å². The van der Waals surface area contributed by atoms with Gasteiger partial charge in [0, 0.05) is 24.7 Å². The Morgan fingerprint density at radius 3 is 2.47 bits per heavy atom. The topological polar surface area (TPSA) is 60.3 Å². The summed E-state index contributed by atoms with van der Waals surface area (Å²) in [6.45, 7) is 6.09. The quantitative estimate of drug-likeness (QED) is 0.618. The standard InChI is InChI=1S/C23H32N4O2S/c1-16-8-4-5-9-20(16)27-21(18-10-12-19(29-3)13-11-18)24-25-23(27)30-17(2)22(28)26-14-6-7-15-26/h10-13,16-17,20H,4-9,14-15H2,1-3H3/t16-,17+,20-/m1/s1. The molecule has 162 valence electrons. The van der Waals surface area contributed by atoms with E-state index < -0.39 is 0 Å². The molecule has 0 unspecified atom stereocenters. The number of methoxy groups -OCH3 is 1. The maximum Gasteiger partial charge on any atom is 0.235 e. The van der Waals surface area contributed by atoms with Crippen LogP contribution in [0.2, 0.25) is 0 Å². The van der Waals surface area contributed by atoms with Gasteiger partial charge in [-0.25, -0.2) is 0 Å². The molecule has 1 saturated heterocycles. The third-order valence-corrected chi connectivity index (χ3v) is 7.50.